The average Bonchev–Trinajstić information content (AvgIpc) is 3.52. The van der Waals surface area contributed by atoms with E-state index in [4.69, 9.17) is 9.47 Å². The molecule has 0 radical (unpaired) electrons. The first-order chi connectivity index (χ1) is 25.8. The molecule has 0 unspecified atom stereocenters. The topological polar surface area (TPSA) is 21.7 Å². The largest absolute Gasteiger partial charge is 0.458 e. The highest BCUT2D eigenvalue weighted by Crippen LogP contribution is 2.49. The van der Waals surface area contributed by atoms with E-state index in [1.54, 1.807) is 0 Å². The fourth-order valence-corrected chi connectivity index (χ4v) is 11.3. The summed E-state index contributed by atoms with van der Waals surface area (Å²) in [6.45, 7) is 11.1. The Labute approximate surface area is 313 Å². The van der Waals surface area contributed by atoms with Crippen molar-refractivity contribution in [3.05, 3.63) is 137 Å². The van der Waals surface area contributed by atoms with E-state index in [1.807, 2.05) is 11.3 Å². The van der Waals surface area contributed by atoms with Gasteiger partial charge in [0.15, 0.2) is 0 Å². The molecule has 8 aromatic rings. The third kappa shape index (κ3) is 3.81. The number of thiophene rings is 1. The molecule has 0 amide bonds. The molecule has 250 valence electrons. The Morgan fingerprint density at radius 3 is 1.81 bits per heavy atom. The molecule has 0 bridgehead atoms. The first-order valence-corrected chi connectivity index (χ1v) is 19.4. The van der Waals surface area contributed by atoms with Crippen LogP contribution in [0.3, 0.4) is 0 Å². The minimum absolute atomic E-state index is 0.000897. The van der Waals surface area contributed by atoms with Gasteiger partial charge in [-0.25, -0.2) is 0 Å². The minimum Gasteiger partial charge on any atom is -0.458 e. The Kier molecular flexibility index (Phi) is 5.76. The van der Waals surface area contributed by atoms with Crippen molar-refractivity contribution >= 4 is 94.8 Å². The minimum atomic E-state index is -0.000897. The van der Waals surface area contributed by atoms with E-state index in [0.717, 1.165) is 28.6 Å². The molecule has 0 N–H and O–H groups in total. The lowest BCUT2D eigenvalue weighted by atomic mass is 9.28. The van der Waals surface area contributed by atoms with Gasteiger partial charge in [-0.1, -0.05) is 90.0 Å². The Morgan fingerprint density at radius 1 is 0.509 bits per heavy atom. The molecule has 1 aromatic heterocycles. The van der Waals surface area contributed by atoms with Crippen molar-refractivity contribution in [3.8, 4) is 34.1 Å². The molecule has 4 aliphatic rings. The van der Waals surface area contributed by atoms with Crippen molar-refractivity contribution < 1.29 is 9.47 Å². The molecular formula is C47H33B2NO2S. The second kappa shape index (κ2) is 10.2. The van der Waals surface area contributed by atoms with Gasteiger partial charge in [-0.15, -0.1) is 11.3 Å². The van der Waals surface area contributed by atoms with Crippen molar-refractivity contribution in [2.24, 2.45) is 0 Å². The van der Waals surface area contributed by atoms with Crippen LogP contribution in [0, 0.1) is 34.6 Å². The van der Waals surface area contributed by atoms with E-state index in [0.29, 0.717) is 0 Å². The second-order valence-corrected chi connectivity index (χ2v) is 16.6. The lowest BCUT2D eigenvalue weighted by molar-refractivity contribution is 0.458. The lowest BCUT2D eigenvalue weighted by Gasteiger charge is -2.48. The van der Waals surface area contributed by atoms with Crippen LogP contribution < -0.4 is 47.2 Å². The first-order valence-electron chi connectivity index (χ1n) is 18.6. The van der Waals surface area contributed by atoms with Crippen molar-refractivity contribution in [2.45, 2.75) is 34.6 Å². The van der Waals surface area contributed by atoms with Gasteiger partial charge in [0, 0.05) is 37.4 Å². The molecule has 0 saturated carbocycles. The summed E-state index contributed by atoms with van der Waals surface area (Å²) in [5.74, 6) is 3.76. The van der Waals surface area contributed by atoms with Gasteiger partial charge >= 0.3 is 0 Å². The highest BCUT2D eigenvalue weighted by atomic mass is 32.1. The Hall–Kier alpha value is -5.71. The normalized spacial score (nSPS) is 13.9. The number of rotatable bonds is 1. The molecule has 6 heteroatoms. The van der Waals surface area contributed by atoms with Gasteiger partial charge in [0.05, 0.1) is 0 Å². The molecule has 0 aliphatic carbocycles. The molecule has 3 nitrogen and oxygen atoms in total. The molecule has 53 heavy (non-hydrogen) atoms. The van der Waals surface area contributed by atoms with Crippen molar-refractivity contribution in [1.29, 1.82) is 0 Å². The molecular weight excluding hydrogens is 664 g/mol. The predicted molar refractivity (Wildman–Crippen MR) is 225 cm³/mol. The lowest BCUT2D eigenvalue weighted by Crippen LogP contribution is -2.67. The van der Waals surface area contributed by atoms with Crippen LogP contribution in [0.1, 0.15) is 27.8 Å². The first kappa shape index (κ1) is 29.8. The zero-order valence-corrected chi connectivity index (χ0v) is 31.0. The maximum Gasteiger partial charge on any atom is 0.256 e. The van der Waals surface area contributed by atoms with E-state index < -0.39 is 0 Å². The summed E-state index contributed by atoms with van der Waals surface area (Å²) in [4.78, 5) is 2.57. The fourth-order valence-electron chi connectivity index (χ4n) is 10.2. The van der Waals surface area contributed by atoms with Crippen LogP contribution in [-0.4, -0.2) is 13.4 Å². The number of ether oxygens (including phenoxy) is 2. The Balaban J connectivity index is 1.26. The quantitative estimate of drug-likeness (QED) is 0.161. The van der Waals surface area contributed by atoms with Crippen molar-refractivity contribution in [1.82, 2.24) is 0 Å². The van der Waals surface area contributed by atoms with Gasteiger partial charge in [0.1, 0.15) is 23.0 Å². The summed E-state index contributed by atoms with van der Waals surface area (Å²) in [5.41, 5.74) is 19.8. The molecule has 0 spiro atoms. The van der Waals surface area contributed by atoms with Crippen molar-refractivity contribution in [3.63, 3.8) is 0 Å². The van der Waals surface area contributed by atoms with Gasteiger partial charge in [-0.05, 0) is 125 Å². The van der Waals surface area contributed by atoms with Gasteiger partial charge in [0.2, 0.25) is 0 Å². The number of aryl methyl sites for hydroxylation is 4. The maximum absolute atomic E-state index is 7.15. The summed E-state index contributed by atoms with van der Waals surface area (Å²) in [7, 11) is 0. The molecule has 7 aromatic carbocycles. The van der Waals surface area contributed by atoms with Crippen LogP contribution >= 0.6 is 11.3 Å². The number of benzene rings is 7. The zero-order valence-electron chi connectivity index (χ0n) is 30.2. The SMILES string of the molecule is Cc1cc(C)c2c(c1)Oc1c(C)c3c4c5c1B2c1cc(-c2ccccc2)ccc1N5c1cc2sc5ccccc5c2cc1B4c1c(C)cc(C)cc1O3. The van der Waals surface area contributed by atoms with E-state index in [9.17, 15) is 0 Å². The summed E-state index contributed by atoms with van der Waals surface area (Å²) >= 11 is 1.89. The van der Waals surface area contributed by atoms with Gasteiger partial charge in [-0.3, -0.25) is 0 Å². The molecule has 12 rings (SSSR count). The standard InChI is InChI=1S/C47H33B2NO2S/c1-24-17-26(3)41-37(19-24)51-46-28(5)47-44-45-43(46)48(41)33-21-30(29-11-7-6-8-12-29)15-16-35(33)50(45)36-23-40-32(31-13-9-10-14-39(31)53-40)22-34(36)49(44)42-27(4)18-25(2)20-38(42)52-47/h6-23H,1-5H3. The van der Waals surface area contributed by atoms with E-state index >= 15 is 0 Å². The Morgan fingerprint density at radius 2 is 1.13 bits per heavy atom. The van der Waals surface area contributed by atoms with Gasteiger partial charge in [-0.2, -0.15) is 0 Å². The smallest absolute Gasteiger partial charge is 0.256 e. The molecule has 4 aliphatic heterocycles. The monoisotopic (exact) mass is 697 g/mol. The van der Waals surface area contributed by atoms with E-state index in [2.05, 4.69) is 149 Å². The Bertz CT molecular complexity index is 2980. The second-order valence-electron chi connectivity index (χ2n) is 15.5. The number of anilines is 3. The summed E-state index contributed by atoms with van der Waals surface area (Å²) in [6.07, 6.45) is 0. The third-order valence-electron chi connectivity index (χ3n) is 12.2. The highest BCUT2D eigenvalue weighted by molar-refractivity contribution is 7.26. The number of hydrogen-bond acceptors (Lipinski definition) is 4. The zero-order chi connectivity index (χ0) is 35.4. The maximum atomic E-state index is 7.15. The predicted octanol–water partition coefficient (Wildman–Crippen LogP) is 8.60. The van der Waals surface area contributed by atoms with Crippen LogP contribution in [0.2, 0.25) is 0 Å². The van der Waals surface area contributed by atoms with Crippen LogP contribution in [0.5, 0.6) is 23.0 Å². The van der Waals surface area contributed by atoms with Crippen LogP contribution in [0.25, 0.3) is 31.3 Å². The van der Waals surface area contributed by atoms with Gasteiger partial charge in [0.25, 0.3) is 13.4 Å². The molecule has 5 heterocycles. The van der Waals surface area contributed by atoms with Gasteiger partial charge < -0.3 is 14.4 Å². The fraction of sp³-hybridized carbons (Fsp3) is 0.106. The molecule has 0 saturated heterocycles. The number of nitrogens with zero attached hydrogens (tertiary/aromatic N) is 1. The van der Waals surface area contributed by atoms with Crippen molar-refractivity contribution in [2.75, 3.05) is 4.90 Å². The van der Waals surface area contributed by atoms with E-state index in [-0.39, 0.29) is 13.4 Å². The number of fused-ring (bicyclic) bond motifs is 13. The van der Waals surface area contributed by atoms with Crippen LogP contribution in [-0.2, 0) is 0 Å². The molecule has 0 atom stereocenters. The summed E-state index contributed by atoms with van der Waals surface area (Å²) in [6, 6.07) is 40.9. The summed E-state index contributed by atoms with van der Waals surface area (Å²) < 4.78 is 16.9. The number of hydrogen-bond donors (Lipinski definition) is 0. The third-order valence-corrected chi connectivity index (χ3v) is 13.4. The van der Waals surface area contributed by atoms with E-state index in [1.165, 1.54) is 103 Å². The summed E-state index contributed by atoms with van der Waals surface area (Å²) in [5, 5.41) is 2.64. The highest BCUT2D eigenvalue weighted by Gasteiger charge is 2.52. The van der Waals surface area contributed by atoms with Crippen LogP contribution in [0.15, 0.2) is 109 Å². The molecule has 0 fully saturated rings. The average molecular weight is 697 g/mol. The van der Waals surface area contributed by atoms with Crippen LogP contribution in [0.4, 0.5) is 17.1 Å².